The van der Waals surface area contributed by atoms with Crippen molar-refractivity contribution in [3.8, 4) is 0 Å². The summed E-state index contributed by atoms with van der Waals surface area (Å²) in [6.45, 7) is 4.54. The minimum Gasteiger partial charge on any atom is -0.378 e. The Bertz CT molecular complexity index is 420. The predicted octanol–water partition coefficient (Wildman–Crippen LogP) is 3.32. The Balaban J connectivity index is 1.75. The Kier molecular flexibility index (Phi) is 6.59. The molecule has 1 aromatic carbocycles. The van der Waals surface area contributed by atoms with Crippen molar-refractivity contribution in [2.75, 3.05) is 26.2 Å². The summed E-state index contributed by atoms with van der Waals surface area (Å²) in [7, 11) is 0. The van der Waals surface area contributed by atoms with Gasteiger partial charge in [0.05, 0.1) is 16.1 Å². The smallest absolute Gasteiger partial charge is 0.0599 e. The number of nitrogens with two attached hydrogens (primary N) is 1. The maximum absolute atomic E-state index is 6.04. The number of halogens is 2. The van der Waals surface area contributed by atoms with Gasteiger partial charge in [0.1, 0.15) is 0 Å². The van der Waals surface area contributed by atoms with Crippen molar-refractivity contribution in [1.29, 1.82) is 0 Å². The summed E-state index contributed by atoms with van der Waals surface area (Å²) in [5.41, 5.74) is 6.68. The van der Waals surface area contributed by atoms with Crippen LogP contribution >= 0.6 is 23.2 Å². The van der Waals surface area contributed by atoms with Gasteiger partial charge in [-0.25, -0.2) is 0 Å². The van der Waals surface area contributed by atoms with Gasteiger partial charge in [0, 0.05) is 26.2 Å². The normalized spacial score (nSPS) is 17.6. The van der Waals surface area contributed by atoms with Crippen LogP contribution in [0, 0.1) is 0 Å². The molecule has 5 heteroatoms. The van der Waals surface area contributed by atoms with E-state index in [-0.39, 0.29) is 0 Å². The second-order valence-corrected chi connectivity index (χ2v) is 6.05. The van der Waals surface area contributed by atoms with Gasteiger partial charge in [0.25, 0.3) is 0 Å². The van der Waals surface area contributed by atoms with E-state index >= 15 is 0 Å². The van der Waals surface area contributed by atoms with Gasteiger partial charge < -0.3 is 10.5 Å². The van der Waals surface area contributed by atoms with Gasteiger partial charge >= 0.3 is 0 Å². The molecule has 0 saturated carbocycles. The van der Waals surface area contributed by atoms with E-state index in [1.54, 1.807) is 0 Å². The summed E-state index contributed by atoms with van der Waals surface area (Å²) in [6.07, 6.45) is 3.52. The summed E-state index contributed by atoms with van der Waals surface area (Å²) in [4.78, 5) is 2.43. The number of piperidine rings is 1. The molecule has 1 fully saturated rings. The van der Waals surface area contributed by atoms with Crippen molar-refractivity contribution >= 4 is 23.2 Å². The van der Waals surface area contributed by atoms with Crippen molar-refractivity contribution in [2.45, 2.75) is 31.9 Å². The average molecular weight is 317 g/mol. The van der Waals surface area contributed by atoms with Gasteiger partial charge in [0.2, 0.25) is 0 Å². The molecular formula is C15H22Cl2N2O. The van der Waals surface area contributed by atoms with Gasteiger partial charge in [0.15, 0.2) is 0 Å². The minimum atomic E-state index is 0.395. The first-order valence-corrected chi connectivity index (χ1v) is 7.92. The van der Waals surface area contributed by atoms with E-state index < -0.39 is 0 Å². The van der Waals surface area contributed by atoms with Crippen molar-refractivity contribution in [3.63, 3.8) is 0 Å². The van der Waals surface area contributed by atoms with E-state index in [9.17, 15) is 0 Å². The van der Waals surface area contributed by atoms with E-state index in [0.29, 0.717) is 22.7 Å². The number of hydrogen-bond acceptors (Lipinski definition) is 3. The SMILES string of the molecule is NCCCOC1CCN(Cc2ccc(Cl)c(Cl)c2)CC1. The molecule has 1 heterocycles. The van der Waals surface area contributed by atoms with Crippen LogP contribution in [0.1, 0.15) is 24.8 Å². The highest BCUT2D eigenvalue weighted by molar-refractivity contribution is 6.42. The van der Waals surface area contributed by atoms with Gasteiger partial charge in [-0.1, -0.05) is 29.3 Å². The molecule has 0 radical (unpaired) electrons. The van der Waals surface area contributed by atoms with E-state index in [1.165, 1.54) is 5.56 Å². The van der Waals surface area contributed by atoms with Crippen LogP contribution < -0.4 is 5.73 Å². The highest BCUT2D eigenvalue weighted by Gasteiger charge is 2.19. The van der Waals surface area contributed by atoms with Crippen LogP contribution in [0.4, 0.5) is 0 Å². The number of likely N-dealkylation sites (tertiary alicyclic amines) is 1. The summed E-state index contributed by atoms with van der Waals surface area (Å²) in [5.74, 6) is 0. The summed E-state index contributed by atoms with van der Waals surface area (Å²) in [6, 6.07) is 5.85. The molecule has 20 heavy (non-hydrogen) atoms. The second kappa shape index (κ2) is 8.20. The van der Waals surface area contributed by atoms with E-state index in [4.69, 9.17) is 33.7 Å². The molecule has 0 aromatic heterocycles. The lowest BCUT2D eigenvalue weighted by Gasteiger charge is -2.32. The van der Waals surface area contributed by atoms with Crippen LogP contribution in [0.15, 0.2) is 18.2 Å². The Morgan fingerprint density at radius 3 is 2.60 bits per heavy atom. The molecule has 3 nitrogen and oxygen atoms in total. The predicted molar refractivity (Wildman–Crippen MR) is 84.4 cm³/mol. The third-order valence-corrected chi connectivity index (χ3v) is 4.37. The zero-order chi connectivity index (χ0) is 14.4. The van der Waals surface area contributed by atoms with Crippen molar-refractivity contribution in [2.24, 2.45) is 5.73 Å². The lowest BCUT2D eigenvalue weighted by molar-refractivity contribution is 0.00563. The Hall–Kier alpha value is -0.320. The molecular weight excluding hydrogens is 295 g/mol. The molecule has 0 bridgehead atoms. The average Bonchev–Trinajstić information content (AvgIpc) is 2.45. The number of nitrogens with zero attached hydrogens (tertiary/aromatic N) is 1. The molecule has 0 aliphatic carbocycles. The molecule has 1 aliphatic rings. The summed E-state index contributed by atoms with van der Waals surface area (Å²) < 4.78 is 5.81. The molecule has 2 rings (SSSR count). The topological polar surface area (TPSA) is 38.5 Å². The van der Waals surface area contributed by atoms with Crippen LogP contribution in [-0.2, 0) is 11.3 Å². The van der Waals surface area contributed by atoms with Crippen LogP contribution in [0.2, 0.25) is 10.0 Å². The fraction of sp³-hybridized carbons (Fsp3) is 0.600. The standard InChI is InChI=1S/C15H22Cl2N2O/c16-14-3-2-12(10-15(14)17)11-19-7-4-13(5-8-19)20-9-1-6-18/h2-3,10,13H,1,4-9,11,18H2. The fourth-order valence-electron chi connectivity index (χ4n) is 2.46. The van der Waals surface area contributed by atoms with Crippen molar-refractivity contribution < 1.29 is 4.74 Å². The largest absolute Gasteiger partial charge is 0.378 e. The highest BCUT2D eigenvalue weighted by Crippen LogP contribution is 2.24. The quantitative estimate of drug-likeness (QED) is 0.818. The van der Waals surface area contributed by atoms with Gasteiger partial charge in [-0.3, -0.25) is 4.90 Å². The first kappa shape index (κ1) is 16.1. The molecule has 1 aromatic rings. The van der Waals surface area contributed by atoms with Crippen LogP contribution in [-0.4, -0.2) is 37.2 Å². The lowest BCUT2D eigenvalue weighted by atomic mass is 10.1. The molecule has 0 spiro atoms. The van der Waals surface area contributed by atoms with Gasteiger partial charge in [-0.05, 0) is 43.5 Å². The van der Waals surface area contributed by atoms with Crippen LogP contribution in [0.25, 0.3) is 0 Å². The number of rotatable bonds is 6. The Morgan fingerprint density at radius 1 is 1.20 bits per heavy atom. The highest BCUT2D eigenvalue weighted by atomic mass is 35.5. The molecule has 0 unspecified atom stereocenters. The van der Waals surface area contributed by atoms with Crippen molar-refractivity contribution in [1.82, 2.24) is 4.90 Å². The maximum Gasteiger partial charge on any atom is 0.0599 e. The zero-order valence-electron chi connectivity index (χ0n) is 11.7. The maximum atomic E-state index is 6.04. The van der Waals surface area contributed by atoms with Crippen molar-refractivity contribution in [3.05, 3.63) is 33.8 Å². The van der Waals surface area contributed by atoms with Gasteiger partial charge in [-0.2, -0.15) is 0 Å². The van der Waals surface area contributed by atoms with Crippen LogP contribution in [0.5, 0.6) is 0 Å². The summed E-state index contributed by atoms with van der Waals surface area (Å²) in [5, 5.41) is 1.24. The molecule has 2 N–H and O–H groups in total. The first-order valence-electron chi connectivity index (χ1n) is 7.17. The van der Waals surface area contributed by atoms with Crippen LogP contribution in [0.3, 0.4) is 0 Å². The monoisotopic (exact) mass is 316 g/mol. The van der Waals surface area contributed by atoms with E-state index in [1.807, 2.05) is 18.2 Å². The number of ether oxygens (including phenoxy) is 1. The number of benzene rings is 1. The minimum absolute atomic E-state index is 0.395. The Labute approximate surface area is 131 Å². The molecule has 0 amide bonds. The zero-order valence-corrected chi connectivity index (χ0v) is 13.2. The fourth-order valence-corrected chi connectivity index (χ4v) is 2.78. The lowest BCUT2D eigenvalue weighted by Crippen LogP contribution is -2.36. The second-order valence-electron chi connectivity index (χ2n) is 5.24. The third-order valence-electron chi connectivity index (χ3n) is 3.63. The molecule has 0 atom stereocenters. The van der Waals surface area contributed by atoms with E-state index in [0.717, 1.165) is 45.5 Å². The van der Waals surface area contributed by atoms with E-state index in [2.05, 4.69) is 4.90 Å². The summed E-state index contributed by atoms with van der Waals surface area (Å²) >= 11 is 12.0. The Morgan fingerprint density at radius 2 is 1.95 bits per heavy atom. The molecule has 1 saturated heterocycles. The molecule has 112 valence electrons. The number of hydrogen-bond donors (Lipinski definition) is 1. The first-order chi connectivity index (χ1) is 9.69. The molecule has 1 aliphatic heterocycles. The third kappa shape index (κ3) is 4.90. The van der Waals surface area contributed by atoms with Gasteiger partial charge in [-0.15, -0.1) is 0 Å².